The molecule has 1 unspecified atom stereocenters. The third-order valence-electron chi connectivity index (χ3n) is 12.4. The molecular formula is C63H108O6. The molecule has 396 valence electrons. The standard InChI is InChI=1S/C63H108O6/c1-4-7-10-13-16-19-22-25-28-30-31-33-35-38-41-44-47-50-53-56-62(65)68-59-60(58-67-61(64)55-52-49-46-43-40-37-34-27-24-21-18-15-12-9-6-3)69-63(66)57-54-51-48-45-42-39-36-32-29-26-23-20-17-14-11-8-5-2/h9,12,15,17-18,20-21,24,26,29,36,39,45,48,60H,4-8,10-11,13-14,16,19,22-23,25,27-28,30-35,37-38,40-44,46-47,49-59H2,1-3H3/b12-9-,18-15-,20-17-,24-21-,29-26-,39-36-,48-45-. The van der Waals surface area contributed by atoms with Crippen LogP contribution >= 0.6 is 0 Å². The van der Waals surface area contributed by atoms with Gasteiger partial charge in [0.15, 0.2) is 6.10 Å². The molecule has 1 atom stereocenters. The molecule has 0 fully saturated rings. The van der Waals surface area contributed by atoms with Crippen LogP contribution in [0.4, 0.5) is 0 Å². The van der Waals surface area contributed by atoms with Gasteiger partial charge in [0.25, 0.3) is 0 Å². The number of unbranched alkanes of at least 4 members (excludes halogenated alkanes) is 29. The normalized spacial score (nSPS) is 12.7. The van der Waals surface area contributed by atoms with Crippen LogP contribution in [0.15, 0.2) is 85.1 Å². The molecular weight excluding hydrogens is 853 g/mol. The van der Waals surface area contributed by atoms with Crippen LogP contribution in [0.1, 0.15) is 278 Å². The second-order valence-corrected chi connectivity index (χ2v) is 19.2. The van der Waals surface area contributed by atoms with Crippen LogP contribution in [0.5, 0.6) is 0 Å². The zero-order valence-corrected chi connectivity index (χ0v) is 45.3. The molecule has 0 radical (unpaired) electrons. The maximum absolute atomic E-state index is 12.8. The Kier molecular flexibility index (Phi) is 54.3. The van der Waals surface area contributed by atoms with Crippen molar-refractivity contribution in [3.63, 3.8) is 0 Å². The van der Waals surface area contributed by atoms with Crippen molar-refractivity contribution in [2.24, 2.45) is 0 Å². The van der Waals surface area contributed by atoms with Gasteiger partial charge in [-0.1, -0.05) is 266 Å². The summed E-state index contributed by atoms with van der Waals surface area (Å²) in [6.07, 6.45) is 74.4. The summed E-state index contributed by atoms with van der Waals surface area (Å²) in [5.74, 6) is -0.962. The molecule has 0 rings (SSSR count). The predicted molar refractivity (Wildman–Crippen MR) is 297 cm³/mol. The zero-order chi connectivity index (χ0) is 50.0. The van der Waals surface area contributed by atoms with Gasteiger partial charge in [-0.3, -0.25) is 14.4 Å². The van der Waals surface area contributed by atoms with Crippen LogP contribution in [0.25, 0.3) is 0 Å². The summed E-state index contributed by atoms with van der Waals surface area (Å²) in [7, 11) is 0. The molecule has 0 aromatic rings. The van der Waals surface area contributed by atoms with E-state index in [2.05, 4.69) is 106 Å². The van der Waals surface area contributed by atoms with Crippen molar-refractivity contribution in [3.8, 4) is 0 Å². The minimum absolute atomic E-state index is 0.100. The van der Waals surface area contributed by atoms with E-state index in [-0.39, 0.29) is 37.5 Å². The number of carbonyl (C=O) groups excluding carboxylic acids is 3. The fourth-order valence-electron chi connectivity index (χ4n) is 8.08. The molecule has 0 aromatic heterocycles. The monoisotopic (exact) mass is 961 g/mol. The van der Waals surface area contributed by atoms with E-state index in [9.17, 15) is 14.4 Å². The molecule has 0 N–H and O–H groups in total. The first-order valence-electron chi connectivity index (χ1n) is 29.1. The lowest BCUT2D eigenvalue weighted by atomic mass is 10.0. The summed E-state index contributed by atoms with van der Waals surface area (Å²) in [6, 6.07) is 0. The molecule has 0 aliphatic carbocycles. The Morgan fingerprint density at radius 3 is 1.07 bits per heavy atom. The Balaban J connectivity index is 4.44. The molecule has 0 amide bonds. The van der Waals surface area contributed by atoms with Crippen molar-refractivity contribution in [1.82, 2.24) is 0 Å². The fourth-order valence-corrected chi connectivity index (χ4v) is 8.08. The molecule has 0 bridgehead atoms. The quantitative estimate of drug-likeness (QED) is 0.0199. The molecule has 0 saturated carbocycles. The van der Waals surface area contributed by atoms with Crippen molar-refractivity contribution in [2.45, 2.75) is 284 Å². The summed E-state index contributed by atoms with van der Waals surface area (Å²) >= 11 is 0. The minimum atomic E-state index is -0.809. The summed E-state index contributed by atoms with van der Waals surface area (Å²) in [5.41, 5.74) is 0. The maximum atomic E-state index is 12.8. The molecule has 0 saturated heterocycles. The van der Waals surface area contributed by atoms with E-state index in [4.69, 9.17) is 14.2 Å². The second-order valence-electron chi connectivity index (χ2n) is 19.2. The van der Waals surface area contributed by atoms with Gasteiger partial charge in [0, 0.05) is 19.3 Å². The average Bonchev–Trinajstić information content (AvgIpc) is 3.35. The molecule has 0 aliphatic heterocycles. The van der Waals surface area contributed by atoms with Crippen molar-refractivity contribution in [3.05, 3.63) is 85.1 Å². The number of hydrogen-bond donors (Lipinski definition) is 0. The number of rotatable bonds is 52. The third kappa shape index (κ3) is 55.4. The molecule has 69 heavy (non-hydrogen) atoms. The van der Waals surface area contributed by atoms with Gasteiger partial charge < -0.3 is 14.2 Å². The first-order valence-corrected chi connectivity index (χ1v) is 29.1. The summed E-state index contributed by atoms with van der Waals surface area (Å²) in [4.78, 5) is 38.2. The van der Waals surface area contributed by atoms with E-state index in [1.807, 2.05) is 0 Å². The minimum Gasteiger partial charge on any atom is -0.462 e. The highest BCUT2D eigenvalue weighted by Crippen LogP contribution is 2.16. The van der Waals surface area contributed by atoms with Crippen molar-refractivity contribution >= 4 is 17.9 Å². The number of hydrogen-bond acceptors (Lipinski definition) is 6. The van der Waals surface area contributed by atoms with Gasteiger partial charge in [-0.25, -0.2) is 0 Å². The van der Waals surface area contributed by atoms with Crippen LogP contribution in [-0.2, 0) is 28.6 Å². The Bertz CT molecular complexity index is 1330. The summed E-state index contributed by atoms with van der Waals surface area (Å²) < 4.78 is 16.8. The Labute approximate surface area is 426 Å². The van der Waals surface area contributed by atoms with Gasteiger partial charge in [-0.15, -0.1) is 0 Å². The van der Waals surface area contributed by atoms with Crippen molar-refractivity contribution in [2.75, 3.05) is 13.2 Å². The van der Waals surface area contributed by atoms with Gasteiger partial charge in [0.1, 0.15) is 13.2 Å². The fraction of sp³-hybridized carbons (Fsp3) is 0.730. The molecule has 0 spiro atoms. The van der Waals surface area contributed by atoms with Gasteiger partial charge >= 0.3 is 17.9 Å². The predicted octanol–water partition coefficient (Wildman–Crippen LogP) is 19.5. The first-order chi connectivity index (χ1) is 34.0. The number of ether oxygens (including phenoxy) is 3. The lowest BCUT2D eigenvalue weighted by Gasteiger charge is -2.18. The number of allylic oxidation sites excluding steroid dienone is 14. The van der Waals surface area contributed by atoms with E-state index in [0.717, 1.165) is 77.0 Å². The molecule has 0 heterocycles. The van der Waals surface area contributed by atoms with E-state index < -0.39 is 6.10 Å². The molecule has 0 aliphatic rings. The lowest BCUT2D eigenvalue weighted by Crippen LogP contribution is -2.30. The van der Waals surface area contributed by atoms with Crippen LogP contribution in [0.2, 0.25) is 0 Å². The lowest BCUT2D eigenvalue weighted by molar-refractivity contribution is -0.167. The van der Waals surface area contributed by atoms with Crippen LogP contribution in [-0.4, -0.2) is 37.2 Å². The highest BCUT2D eigenvalue weighted by atomic mass is 16.6. The van der Waals surface area contributed by atoms with Crippen LogP contribution in [0.3, 0.4) is 0 Å². The van der Waals surface area contributed by atoms with Crippen LogP contribution in [0, 0.1) is 0 Å². The van der Waals surface area contributed by atoms with E-state index >= 15 is 0 Å². The van der Waals surface area contributed by atoms with Gasteiger partial charge in [0.05, 0.1) is 0 Å². The highest BCUT2D eigenvalue weighted by molar-refractivity contribution is 5.71. The largest absolute Gasteiger partial charge is 0.462 e. The summed E-state index contributed by atoms with van der Waals surface area (Å²) in [6.45, 7) is 6.45. The number of carbonyl (C=O) groups is 3. The smallest absolute Gasteiger partial charge is 0.306 e. The maximum Gasteiger partial charge on any atom is 0.306 e. The van der Waals surface area contributed by atoms with Gasteiger partial charge in [0.2, 0.25) is 0 Å². The van der Waals surface area contributed by atoms with Gasteiger partial charge in [-0.05, 0) is 77.0 Å². The van der Waals surface area contributed by atoms with Crippen LogP contribution < -0.4 is 0 Å². The van der Waals surface area contributed by atoms with E-state index in [1.54, 1.807) is 0 Å². The SMILES string of the molecule is CC\C=C/C=C\C=C/CCCCCCCCCC(=O)OCC(COC(=O)CCCCCCCCCCCCCCCCCCCCC)OC(=O)CCC/C=C\C/C=C\C/C=C\C/C=C\CCCCC. The molecule has 6 nitrogen and oxygen atoms in total. The summed E-state index contributed by atoms with van der Waals surface area (Å²) in [5, 5.41) is 0. The Morgan fingerprint density at radius 2 is 0.638 bits per heavy atom. The Hall–Kier alpha value is -3.41. The second kappa shape index (κ2) is 57.2. The molecule has 6 heteroatoms. The highest BCUT2D eigenvalue weighted by Gasteiger charge is 2.19. The number of esters is 3. The van der Waals surface area contributed by atoms with Gasteiger partial charge in [-0.2, -0.15) is 0 Å². The first kappa shape index (κ1) is 65.6. The zero-order valence-electron chi connectivity index (χ0n) is 45.3. The topological polar surface area (TPSA) is 78.9 Å². The third-order valence-corrected chi connectivity index (χ3v) is 12.4. The van der Waals surface area contributed by atoms with Crippen molar-refractivity contribution in [1.29, 1.82) is 0 Å². The Morgan fingerprint density at radius 1 is 0.319 bits per heavy atom. The van der Waals surface area contributed by atoms with E-state index in [0.29, 0.717) is 19.3 Å². The van der Waals surface area contributed by atoms with E-state index in [1.165, 1.54) is 154 Å². The molecule has 0 aromatic carbocycles. The average molecular weight is 962 g/mol. The van der Waals surface area contributed by atoms with Crippen molar-refractivity contribution < 1.29 is 28.6 Å².